The Morgan fingerprint density at radius 2 is 1.85 bits per heavy atom. The molecule has 5 rings (SSSR count). The average Bonchev–Trinajstić information content (AvgIpc) is 3.79. The minimum atomic E-state index is -1.30. The van der Waals surface area contributed by atoms with Gasteiger partial charge in [0.05, 0.1) is 30.0 Å². The van der Waals surface area contributed by atoms with Crippen LogP contribution in [0, 0.1) is 17.8 Å². The number of ether oxygens (including phenoxy) is 5. The van der Waals surface area contributed by atoms with Crippen LogP contribution in [0.25, 0.3) is 11.3 Å². The molecule has 0 saturated carbocycles. The largest absolute Gasteiger partial charge is 0.458 e. The van der Waals surface area contributed by atoms with Crippen molar-refractivity contribution >= 4 is 23.5 Å². The highest BCUT2D eigenvalue weighted by Gasteiger charge is 2.59. The van der Waals surface area contributed by atoms with Crippen molar-refractivity contribution < 1.29 is 43.2 Å². The van der Waals surface area contributed by atoms with Gasteiger partial charge < -0.3 is 44.7 Å². The Labute approximate surface area is 355 Å². The van der Waals surface area contributed by atoms with Gasteiger partial charge in [-0.1, -0.05) is 44.2 Å². The van der Waals surface area contributed by atoms with Gasteiger partial charge in [-0.15, -0.1) is 11.7 Å². The van der Waals surface area contributed by atoms with Crippen LogP contribution in [0.3, 0.4) is 0 Å². The molecule has 0 radical (unpaired) electrons. The molecule has 2 unspecified atom stereocenters. The molecule has 0 aliphatic carbocycles. The van der Waals surface area contributed by atoms with Crippen molar-refractivity contribution in [3.8, 4) is 11.3 Å². The molecule has 16 heteroatoms. The fourth-order valence-electron chi connectivity index (χ4n) is 9.40. The summed E-state index contributed by atoms with van der Waals surface area (Å²) < 4.78 is 33.3. The maximum Gasteiger partial charge on any atom is 0.410 e. The highest BCUT2D eigenvalue weighted by molar-refractivity contribution is 6.00. The second kappa shape index (κ2) is 19.8. The van der Waals surface area contributed by atoms with Crippen molar-refractivity contribution in [1.29, 1.82) is 0 Å². The standard InChI is InChI=1S/C44H69N7O9/c1-12-32-38-44(8,60-42(55)51(38)20-15-14-19-50-25-33(47-48-50)30-17-16-18-31(45)22-30)35(13-2)58-40(54)29(6)36(52)28(5)39(43(7,56-11)23-26(3)24-46-32)59-41-37(53)34(49(9)10)21-27(4)57-41/h12,16-18,22,25-29,32,34-35,37-39,41,46,53H,1,13-15,19-21,23-24,45H2,2-11H3/t26-,27-,28+,29-,32-,34?,35+,37?,38-,39-,41+,43-,44-/m1/s1. The van der Waals surface area contributed by atoms with Gasteiger partial charge in [0.1, 0.15) is 23.8 Å². The molecular weight excluding hydrogens is 771 g/mol. The number of rotatable bonds is 12. The number of nitrogens with two attached hydrogens (primary N) is 1. The number of carbonyl (C=O) groups excluding carboxylic acids is 3. The first-order valence-corrected chi connectivity index (χ1v) is 21.4. The van der Waals surface area contributed by atoms with Crippen LogP contribution in [0.1, 0.15) is 80.6 Å². The van der Waals surface area contributed by atoms with Crippen LogP contribution in [0.4, 0.5) is 10.5 Å². The van der Waals surface area contributed by atoms with Crippen LogP contribution in [0.2, 0.25) is 0 Å². The van der Waals surface area contributed by atoms with Gasteiger partial charge in [-0.2, -0.15) is 0 Å². The van der Waals surface area contributed by atoms with Crippen LogP contribution in [-0.4, -0.2) is 142 Å². The summed E-state index contributed by atoms with van der Waals surface area (Å²) in [6, 6.07) is 6.14. The molecule has 3 fully saturated rings. The summed E-state index contributed by atoms with van der Waals surface area (Å²) in [6.07, 6.45) is 1.69. The number of unbranched alkanes of at least 4 members (excludes halogenated alkanes) is 1. The van der Waals surface area contributed by atoms with Crippen molar-refractivity contribution in [1.82, 2.24) is 30.1 Å². The number of methoxy groups -OCH3 is 1. The number of benzene rings is 1. The normalized spacial score (nSPS) is 36.0. The van der Waals surface area contributed by atoms with E-state index in [0.29, 0.717) is 57.4 Å². The van der Waals surface area contributed by atoms with Gasteiger partial charge >= 0.3 is 12.1 Å². The second-order valence-corrected chi connectivity index (χ2v) is 17.8. The Bertz CT molecular complexity index is 1790. The molecule has 60 heavy (non-hydrogen) atoms. The Morgan fingerprint density at radius 1 is 1.13 bits per heavy atom. The molecule has 1 aromatic carbocycles. The predicted octanol–water partition coefficient (Wildman–Crippen LogP) is 4.45. The predicted molar refractivity (Wildman–Crippen MR) is 226 cm³/mol. The Kier molecular flexibility index (Phi) is 15.6. The molecule has 16 nitrogen and oxygen atoms in total. The molecule has 3 saturated heterocycles. The average molecular weight is 840 g/mol. The summed E-state index contributed by atoms with van der Waals surface area (Å²) in [7, 11) is 5.37. The van der Waals surface area contributed by atoms with E-state index in [1.165, 1.54) is 6.92 Å². The number of aliphatic hydroxyl groups is 1. The number of Topliss-reactive ketones (excluding diaryl/α,β-unsaturated/α-hetero) is 1. The van der Waals surface area contributed by atoms with Gasteiger partial charge in [0.2, 0.25) is 0 Å². The number of aliphatic hydroxyl groups excluding tert-OH is 1. The molecule has 2 aromatic rings. The first-order chi connectivity index (χ1) is 28.4. The number of likely N-dealkylation sites (N-methyl/N-ethyl adjacent to an activating group) is 1. The number of fused-ring (bicyclic) bond motifs is 1. The third-order valence-electron chi connectivity index (χ3n) is 12.8. The lowest BCUT2D eigenvalue weighted by Gasteiger charge is -2.46. The molecule has 13 atom stereocenters. The molecular formula is C44H69N7O9. The van der Waals surface area contributed by atoms with E-state index in [0.717, 1.165) is 11.3 Å². The molecule has 1 aromatic heterocycles. The molecule has 4 N–H and O–H groups in total. The number of hydrogen-bond donors (Lipinski definition) is 3. The SMILES string of the molecule is C=C[C@H]1NC[C@H](C)C[C@@](C)(OC)[C@H](O[C@@H]2O[C@H](C)CC(N(C)C)C2O)[C@@H](C)C(=O)[C@@H](C)C(=O)O[C@@H](CC)[C@@]2(C)OC(=O)N(CCCCn3cc(-c4cccc(N)c4)nn3)[C@H]12. The van der Waals surface area contributed by atoms with Crippen LogP contribution in [-0.2, 0) is 39.8 Å². The first-order valence-electron chi connectivity index (χ1n) is 21.4. The minimum absolute atomic E-state index is 0.0588. The molecule has 0 spiro atoms. The highest BCUT2D eigenvalue weighted by atomic mass is 16.7. The monoisotopic (exact) mass is 840 g/mol. The summed E-state index contributed by atoms with van der Waals surface area (Å²) in [4.78, 5) is 46.0. The zero-order valence-electron chi connectivity index (χ0n) is 37.2. The Hall–Kier alpha value is -3.93. The smallest absolute Gasteiger partial charge is 0.410 e. The van der Waals surface area contributed by atoms with Gasteiger partial charge in [0, 0.05) is 49.5 Å². The van der Waals surface area contributed by atoms with Gasteiger partial charge in [-0.25, -0.2) is 4.79 Å². The third kappa shape index (κ3) is 10.2. The topological polar surface area (TPSA) is 193 Å². The zero-order valence-corrected chi connectivity index (χ0v) is 37.2. The maximum atomic E-state index is 14.4. The molecule has 1 amide bonds. The fourth-order valence-corrected chi connectivity index (χ4v) is 9.40. The van der Waals surface area contributed by atoms with Crippen molar-refractivity contribution in [3.63, 3.8) is 0 Å². The van der Waals surface area contributed by atoms with Crippen LogP contribution >= 0.6 is 0 Å². The summed E-state index contributed by atoms with van der Waals surface area (Å²) in [5.41, 5.74) is 5.83. The lowest BCUT2D eigenvalue weighted by Crippen LogP contribution is -2.61. The van der Waals surface area contributed by atoms with Gasteiger partial charge in [0.15, 0.2) is 17.7 Å². The highest BCUT2D eigenvalue weighted by Crippen LogP contribution is 2.40. The lowest BCUT2D eigenvalue weighted by molar-refractivity contribution is -0.295. The van der Waals surface area contributed by atoms with Gasteiger partial charge in [-0.05, 0) is 98.5 Å². The van der Waals surface area contributed by atoms with E-state index in [1.54, 1.807) is 36.6 Å². The third-order valence-corrected chi connectivity index (χ3v) is 12.8. The Balaban J connectivity index is 1.40. The molecule has 334 valence electrons. The molecule has 4 heterocycles. The van der Waals surface area contributed by atoms with Gasteiger partial charge in [0.25, 0.3) is 0 Å². The van der Waals surface area contributed by atoms with Crippen molar-refractivity contribution in [2.24, 2.45) is 17.8 Å². The second-order valence-electron chi connectivity index (χ2n) is 17.8. The molecule has 3 aliphatic rings. The quantitative estimate of drug-likeness (QED) is 0.0893. The number of carbonyl (C=O) groups is 3. The van der Waals surface area contributed by atoms with E-state index in [4.69, 9.17) is 29.4 Å². The number of nitrogens with zero attached hydrogens (tertiary/aromatic N) is 5. The number of anilines is 1. The number of hydrogen-bond acceptors (Lipinski definition) is 14. The number of nitrogen functional groups attached to an aromatic ring is 1. The molecule has 3 aliphatic heterocycles. The summed E-state index contributed by atoms with van der Waals surface area (Å²) >= 11 is 0. The van der Waals surface area contributed by atoms with E-state index in [1.807, 2.05) is 70.2 Å². The minimum Gasteiger partial charge on any atom is -0.458 e. The molecule has 0 bridgehead atoms. The number of amides is 1. The summed E-state index contributed by atoms with van der Waals surface area (Å²) in [6.45, 7) is 18.4. The van der Waals surface area contributed by atoms with Crippen LogP contribution in [0.5, 0.6) is 0 Å². The fraction of sp³-hybridized carbons (Fsp3) is 0.705. The van der Waals surface area contributed by atoms with E-state index in [2.05, 4.69) is 29.1 Å². The van der Waals surface area contributed by atoms with Gasteiger partial charge in [-0.3, -0.25) is 19.2 Å². The van der Waals surface area contributed by atoms with Crippen molar-refractivity contribution in [2.45, 2.75) is 147 Å². The van der Waals surface area contributed by atoms with E-state index in [9.17, 15) is 19.5 Å². The number of ketones is 1. The van der Waals surface area contributed by atoms with Crippen molar-refractivity contribution in [2.75, 3.05) is 40.0 Å². The summed E-state index contributed by atoms with van der Waals surface area (Å²) in [5.74, 6) is -3.28. The summed E-state index contributed by atoms with van der Waals surface area (Å²) in [5, 5.41) is 23.7. The zero-order chi connectivity index (χ0) is 44.1. The number of aryl methyl sites for hydroxylation is 1. The van der Waals surface area contributed by atoms with Crippen LogP contribution in [0.15, 0.2) is 43.1 Å². The number of esters is 1. The first kappa shape index (κ1) is 47.1. The number of nitrogens with one attached hydrogen (secondary N) is 1. The van der Waals surface area contributed by atoms with E-state index < -0.39 is 77.6 Å². The number of cyclic esters (lactones) is 1. The Morgan fingerprint density at radius 3 is 2.50 bits per heavy atom. The van der Waals surface area contributed by atoms with E-state index in [-0.39, 0.29) is 18.1 Å². The lowest BCUT2D eigenvalue weighted by atomic mass is 9.78. The van der Waals surface area contributed by atoms with Crippen LogP contribution < -0.4 is 11.1 Å². The van der Waals surface area contributed by atoms with Crippen molar-refractivity contribution in [3.05, 3.63) is 43.1 Å². The van der Waals surface area contributed by atoms with E-state index >= 15 is 0 Å². The maximum absolute atomic E-state index is 14.4. The number of aromatic nitrogens is 3.